The summed E-state index contributed by atoms with van der Waals surface area (Å²) in [5, 5.41) is 0. The topological polar surface area (TPSA) is 54.5 Å². The number of hydrogen-bond donors (Lipinski definition) is 0. The molecule has 0 aliphatic carbocycles. The molecule has 0 spiro atoms. The van der Waals surface area contributed by atoms with E-state index in [1.165, 1.54) is 24.8 Å². The molecule has 118 valence electrons. The van der Waals surface area contributed by atoms with Gasteiger partial charge in [-0.3, -0.25) is 14.4 Å². The molecular formula is C18H23NO3. The standard InChI is InChI=1S/C14H13NO3.C2H6.C2H4/c1-7-10-5-11(8(2)16)12(9(3)17)6-13(10)14(18)15(7)4;2*1-2/h5-6H,1H2,2-4H3;1-2H3;1-2H2. The van der Waals surface area contributed by atoms with Crippen LogP contribution in [0.25, 0.3) is 5.70 Å². The summed E-state index contributed by atoms with van der Waals surface area (Å²) in [5.41, 5.74) is 2.23. The minimum absolute atomic E-state index is 0.196. The van der Waals surface area contributed by atoms with Crippen molar-refractivity contribution in [2.45, 2.75) is 27.7 Å². The minimum atomic E-state index is -0.226. The summed E-state index contributed by atoms with van der Waals surface area (Å²) >= 11 is 0. The van der Waals surface area contributed by atoms with E-state index in [1.807, 2.05) is 13.8 Å². The number of fused-ring (bicyclic) bond motifs is 1. The van der Waals surface area contributed by atoms with Crippen molar-refractivity contribution >= 4 is 23.2 Å². The minimum Gasteiger partial charge on any atom is -0.311 e. The van der Waals surface area contributed by atoms with Gasteiger partial charge in [-0.05, 0) is 26.0 Å². The monoisotopic (exact) mass is 301 g/mol. The second kappa shape index (κ2) is 8.08. The van der Waals surface area contributed by atoms with Gasteiger partial charge in [0.25, 0.3) is 5.91 Å². The highest BCUT2D eigenvalue weighted by Gasteiger charge is 2.30. The Morgan fingerprint density at radius 3 is 1.68 bits per heavy atom. The molecule has 1 aromatic rings. The van der Waals surface area contributed by atoms with E-state index in [-0.39, 0.29) is 23.0 Å². The molecule has 0 saturated heterocycles. The normalized spacial score (nSPS) is 11.8. The van der Waals surface area contributed by atoms with E-state index >= 15 is 0 Å². The summed E-state index contributed by atoms with van der Waals surface area (Å²) in [5.74, 6) is -0.624. The van der Waals surface area contributed by atoms with Gasteiger partial charge in [-0.15, -0.1) is 13.2 Å². The quantitative estimate of drug-likeness (QED) is 0.613. The smallest absolute Gasteiger partial charge is 0.258 e. The van der Waals surface area contributed by atoms with E-state index in [4.69, 9.17) is 0 Å². The predicted octanol–water partition coefficient (Wildman–Crippen LogP) is 3.98. The number of ketones is 2. The first kappa shape index (κ1) is 19.5. The molecule has 0 N–H and O–H groups in total. The zero-order valence-electron chi connectivity index (χ0n) is 13.9. The third-order valence-electron chi connectivity index (χ3n) is 3.17. The van der Waals surface area contributed by atoms with Crippen molar-refractivity contribution in [1.29, 1.82) is 0 Å². The molecule has 0 unspecified atom stereocenters. The van der Waals surface area contributed by atoms with Crippen LogP contribution in [0.1, 0.15) is 64.3 Å². The molecule has 1 heterocycles. The van der Waals surface area contributed by atoms with Crippen LogP contribution in [0.5, 0.6) is 0 Å². The van der Waals surface area contributed by atoms with E-state index < -0.39 is 0 Å². The summed E-state index contributed by atoms with van der Waals surface area (Å²) in [6, 6.07) is 3.07. The lowest BCUT2D eigenvalue weighted by atomic mass is 9.95. The first-order valence-electron chi connectivity index (χ1n) is 7.02. The maximum absolute atomic E-state index is 11.9. The van der Waals surface area contributed by atoms with E-state index in [2.05, 4.69) is 19.7 Å². The second-order valence-corrected chi connectivity index (χ2v) is 4.37. The Kier molecular flexibility index (Phi) is 7.16. The van der Waals surface area contributed by atoms with Crippen molar-refractivity contribution in [1.82, 2.24) is 4.90 Å². The van der Waals surface area contributed by atoms with Crippen molar-refractivity contribution in [2.24, 2.45) is 0 Å². The van der Waals surface area contributed by atoms with Crippen LogP contribution in [0.3, 0.4) is 0 Å². The van der Waals surface area contributed by atoms with E-state index in [1.54, 1.807) is 13.1 Å². The van der Waals surface area contributed by atoms with E-state index in [9.17, 15) is 14.4 Å². The first-order valence-corrected chi connectivity index (χ1v) is 7.02. The summed E-state index contributed by atoms with van der Waals surface area (Å²) in [4.78, 5) is 36.4. The molecular weight excluding hydrogens is 278 g/mol. The lowest BCUT2D eigenvalue weighted by molar-refractivity contribution is 0.0874. The molecule has 0 atom stereocenters. The first-order chi connectivity index (χ1) is 10.3. The Hall–Kier alpha value is -2.49. The average Bonchev–Trinajstić information content (AvgIpc) is 2.74. The Morgan fingerprint density at radius 1 is 0.955 bits per heavy atom. The van der Waals surface area contributed by atoms with Crippen LogP contribution in [-0.2, 0) is 0 Å². The van der Waals surface area contributed by atoms with Gasteiger partial charge < -0.3 is 4.90 Å². The van der Waals surface area contributed by atoms with Crippen molar-refractivity contribution in [3.63, 3.8) is 0 Å². The molecule has 22 heavy (non-hydrogen) atoms. The van der Waals surface area contributed by atoms with Crippen LogP contribution in [0.4, 0.5) is 0 Å². The number of carbonyl (C=O) groups excluding carboxylic acids is 3. The van der Waals surface area contributed by atoms with Gasteiger partial charge in [0.05, 0.1) is 0 Å². The highest BCUT2D eigenvalue weighted by molar-refractivity contribution is 6.14. The van der Waals surface area contributed by atoms with Gasteiger partial charge >= 0.3 is 0 Å². The molecule has 1 aliphatic rings. The highest BCUT2D eigenvalue weighted by atomic mass is 16.2. The maximum Gasteiger partial charge on any atom is 0.258 e. The van der Waals surface area contributed by atoms with Gasteiger partial charge in [0, 0.05) is 35.0 Å². The second-order valence-electron chi connectivity index (χ2n) is 4.37. The molecule has 1 aliphatic heterocycles. The fourth-order valence-corrected chi connectivity index (χ4v) is 2.08. The van der Waals surface area contributed by atoms with Gasteiger partial charge in [0.2, 0.25) is 0 Å². The fourth-order valence-electron chi connectivity index (χ4n) is 2.08. The number of amides is 1. The summed E-state index contributed by atoms with van der Waals surface area (Å²) < 4.78 is 0. The van der Waals surface area contributed by atoms with Gasteiger partial charge in [-0.2, -0.15) is 0 Å². The summed E-state index contributed by atoms with van der Waals surface area (Å²) in [6.07, 6.45) is 0. The van der Waals surface area contributed by atoms with E-state index in [0.29, 0.717) is 22.4 Å². The van der Waals surface area contributed by atoms with Crippen LogP contribution >= 0.6 is 0 Å². The van der Waals surface area contributed by atoms with Crippen LogP contribution < -0.4 is 0 Å². The Labute approximate surface area is 132 Å². The number of carbonyl (C=O) groups is 3. The predicted molar refractivity (Wildman–Crippen MR) is 90.2 cm³/mol. The lowest BCUT2D eigenvalue weighted by Crippen LogP contribution is -2.16. The Morgan fingerprint density at radius 2 is 1.32 bits per heavy atom. The third-order valence-corrected chi connectivity index (χ3v) is 3.17. The zero-order chi connectivity index (χ0) is 17.6. The zero-order valence-corrected chi connectivity index (χ0v) is 13.9. The summed E-state index contributed by atoms with van der Waals surface area (Å²) in [7, 11) is 1.62. The Bertz CT molecular complexity index is 576. The van der Waals surface area contributed by atoms with Crippen LogP contribution in [0.15, 0.2) is 31.9 Å². The van der Waals surface area contributed by atoms with Crippen molar-refractivity contribution in [3.05, 3.63) is 54.1 Å². The van der Waals surface area contributed by atoms with Gasteiger partial charge in [-0.25, -0.2) is 0 Å². The molecule has 0 radical (unpaired) electrons. The molecule has 1 amide bonds. The molecule has 4 heteroatoms. The molecule has 2 rings (SSSR count). The largest absolute Gasteiger partial charge is 0.311 e. The molecule has 0 aromatic heterocycles. The highest BCUT2D eigenvalue weighted by Crippen LogP contribution is 2.32. The van der Waals surface area contributed by atoms with Crippen LogP contribution in [-0.4, -0.2) is 29.4 Å². The van der Waals surface area contributed by atoms with Crippen molar-refractivity contribution < 1.29 is 14.4 Å². The number of hydrogen-bond acceptors (Lipinski definition) is 3. The van der Waals surface area contributed by atoms with Crippen molar-refractivity contribution in [3.8, 4) is 0 Å². The molecule has 0 saturated carbocycles. The molecule has 4 nitrogen and oxygen atoms in total. The fraction of sp³-hybridized carbons (Fsp3) is 0.278. The SMILES string of the molecule is C=C.C=C1c2cc(C(C)=O)c(C(C)=O)cc2C(=O)N1C.CC. The lowest BCUT2D eigenvalue weighted by Gasteiger charge is -2.08. The van der Waals surface area contributed by atoms with Gasteiger partial charge in [0.1, 0.15) is 0 Å². The number of Topliss-reactive ketones (excluding diaryl/α,β-unsaturated/α-hetero) is 2. The average molecular weight is 301 g/mol. The summed E-state index contributed by atoms with van der Waals surface area (Å²) in [6.45, 7) is 16.6. The van der Waals surface area contributed by atoms with Crippen molar-refractivity contribution in [2.75, 3.05) is 7.05 Å². The van der Waals surface area contributed by atoms with E-state index in [0.717, 1.165) is 0 Å². The third kappa shape index (κ3) is 3.39. The molecule has 0 bridgehead atoms. The molecule has 1 aromatic carbocycles. The van der Waals surface area contributed by atoms with Crippen LogP contribution in [0.2, 0.25) is 0 Å². The molecule has 0 fully saturated rings. The number of rotatable bonds is 2. The maximum atomic E-state index is 11.9. The Balaban J connectivity index is 0.00000102. The number of nitrogens with zero attached hydrogens (tertiary/aromatic N) is 1. The van der Waals surface area contributed by atoms with Crippen LogP contribution in [0, 0.1) is 0 Å². The number of benzene rings is 1. The van der Waals surface area contributed by atoms with Gasteiger partial charge in [-0.1, -0.05) is 20.4 Å². The van der Waals surface area contributed by atoms with Gasteiger partial charge in [0.15, 0.2) is 11.6 Å².